The average Bonchev–Trinajstić information content (AvgIpc) is 2.35. The van der Waals surface area contributed by atoms with E-state index < -0.39 is 11.5 Å². The molecule has 1 aliphatic heterocycles. The van der Waals surface area contributed by atoms with Crippen LogP contribution in [0.2, 0.25) is 0 Å². The summed E-state index contributed by atoms with van der Waals surface area (Å²) in [5.41, 5.74) is 1.08. The van der Waals surface area contributed by atoms with Crippen molar-refractivity contribution >= 4 is 29.0 Å². The van der Waals surface area contributed by atoms with Crippen molar-refractivity contribution in [2.75, 3.05) is 11.9 Å². The lowest BCUT2D eigenvalue weighted by atomic mass is 10.1. The number of hydrogen-bond acceptors (Lipinski definition) is 3. The monoisotopic (exact) mass is 267 g/mol. The number of anilines is 1. The summed E-state index contributed by atoms with van der Waals surface area (Å²) in [5.74, 6) is 0.299. The Bertz CT molecular complexity index is 513. The van der Waals surface area contributed by atoms with Crippen molar-refractivity contribution in [3.8, 4) is 5.75 Å². The summed E-state index contributed by atoms with van der Waals surface area (Å²) in [6.45, 7) is 3.32. The highest BCUT2D eigenvalue weighted by atomic mass is 35.5. The highest BCUT2D eigenvalue weighted by molar-refractivity contribution is 6.33. The molecule has 2 atom stereocenters. The van der Waals surface area contributed by atoms with Crippen LogP contribution in [0.4, 0.5) is 5.69 Å². The number of carbonyl (C=O) groups excluding carboxylic acids is 2. The number of ether oxygens (including phenoxy) is 1. The van der Waals surface area contributed by atoms with Crippen molar-refractivity contribution in [3.63, 3.8) is 0 Å². The van der Waals surface area contributed by atoms with Gasteiger partial charge in [0.25, 0.3) is 5.91 Å². The van der Waals surface area contributed by atoms with Gasteiger partial charge in [0.1, 0.15) is 5.75 Å². The van der Waals surface area contributed by atoms with E-state index in [1.807, 2.05) is 0 Å². The van der Waals surface area contributed by atoms with Crippen LogP contribution >= 0.6 is 11.6 Å². The number of halogens is 1. The largest absolute Gasteiger partial charge is 0.479 e. The van der Waals surface area contributed by atoms with Crippen molar-refractivity contribution in [2.24, 2.45) is 0 Å². The first-order valence-corrected chi connectivity index (χ1v) is 6.12. The highest BCUT2D eigenvalue weighted by Gasteiger charge is 2.29. The van der Waals surface area contributed by atoms with Gasteiger partial charge in [0.15, 0.2) is 11.9 Å². The zero-order valence-corrected chi connectivity index (χ0v) is 11.2. The van der Waals surface area contributed by atoms with E-state index in [4.69, 9.17) is 16.3 Å². The number of likely N-dealkylation sites (N-methyl/N-ethyl adjacent to an activating group) is 1. The zero-order valence-electron chi connectivity index (χ0n) is 10.4. The number of alkyl halides is 1. The zero-order chi connectivity index (χ0) is 13.4. The molecule has 0 saturated carbocycles. The van der Waals surface area contributed by atoms with Gasteiger partial charge in [-0.15, -0.1) is 11.6 Å². The fourth-order valence-electron chi connectivity index (χ4n) is 1.89. The smallest absolute Gasteiger partial charge is 0.267 e. The predicted molar refractivity (Wildman–Crippen MR) is 69.6 cm³/mol. The fourth-order valence-corrected chi connectivity index (χ4v) is 2.02. The Hall–Kier alpha value is -1.55. The van der Waals surface area contributed by atoms with Crippen LogP contribution in [0.5, 0.6) is 5.75 Å². The van der Waals surface area contributed by atoms with Crippen LogP contribution in [0, 0.1) is 0 Å². The van der Waals surface area contributed by atoms with E-state index in [2.05, 4.69) is 0 Å². The van der Waals surface area contributed by atoms with Gasteiger partial charge in [0.05, 0.1) is 11.1 Å². The van der Waals surface area contributed by atoms with E-state index in [0.29, 0.717) is 17.0 Å². The molecule has 0 radical (unpaired) electrons. The maximum atomic E-state index is 11.8. The Morgan fingerprint density at radius 1 is 1.50 bits per heavy atom. The predicted octanol–water partition coefficient (Wildman–Crippen LogP) is 2.24. The number of hydrogen-bond donors (Lipinski definition) is 0. The normalized spacial score (nSPS) is 20.1. The van der Waals surface area contributed by atoms with E-state index in [0.717, 1.165) is 0 Å². The Labute approximate surface area is 110 Å². The minimum absolute atomic E-state index is 0.133. The number of benzene rings is 1. The minimum atomic E-state index is -0.590. The summed E-state index contributed by atoms with van der Waals surface area (Å²) in [5, 5.41) is -0.590. The van der Waals surface area contributed by atoms with Gasteiger partial charge in [0, 0.05) is 12.6 Å². The van der Waals surface area contributed by atoms with E-state index in [1.54, 1.807) is 39.1 Å². The summed E-state index contributed by atoms with van der Waals surface area (Å²) < 4.78 is 5.47. The van der Waals surface area contributed by atoms with Crippen molar-refractivity contribution in [1.29, 1.82) is 0 Å². The number of fused-ring (bicyclic) bond motifs is 1. The van der Waals surface area contributed by atoms with Crippen LogP contribution in [-0.4, -0.2) is 30.2 Å². The number of amides is 1. The lowest BCUT2D eigenvalue weighted by Crippen LogP contribution is -2.42. The van der Waals surface area contributed by atoms with E-state index in [9.17, 15) is 9.59 Å². The first kappa shape index (κ1) is 12.9. The van der Waals surface area contributed by atoms with E-state index >= 15 is 0 Å². The molecule has 1 amide bonds. The fraction of sp³-hybridized carbons (Fsp3) is 0.385. The topological polar surface area (TPSA) is 46.6 Å². The molecule has 2 rings (SSSR count). The second-order valence-corrected chi connectivity index (χ2v) is 4.97. The highest BCUT2D eigenvalue weighted by Crippen LogP contribution is 2.34. The lowest BCUT2D eigenvalue weighted by molar-refractivity contribution is -0.125. The van der Waals surface area contributed by atoms with Crippen LogP contribution in [-0.2, 0) is 4.79 Å². The molecule has 0 N–H and O–H groups in total. The van der Waals surface area contributed by atoms with Gasteiger partial charge >= 0.3 is 0 Å². The summed E-state index contributed by atoms with van der Waals surface area (Å²) in [6.07, 6.45) is -0.504. The second kappa shape index (κ2) is 4.61. The molecule has 0 aromatic heterocycles. The second-order valence-electron chi connectivity index (χ2n) is 4.32. The molecule has 18 heavy (non-hydrogen) atoms. The maximum absolute atomic E-state index is 11.8. The number of ketones is 1. The van der Waals surface area contributed by atoms with Crippen molar-refractivity contribution < 1.29 is 14.3 Å². The SMILES string of the molecule is C[C@@H](Cl)C(=O)c1ccc2c(c1)N(C)C(=O)[C@@H](C)O2. The molecule has 0 fully saturated rings. The Morgan fingerprint density at radius 3 is 2.78 bits per heavy atom. The summed E-state index contributed by atoms with van der Waals surface area (Å²) >= 11 is 5.77. The van der Waals surface area contributed by atoms with Crippen molar-refractivity contribution in [1.82, 2.24) is 0 Å². The summed E-state index contributed by atoms with van der Waals surface area (Å²) in [4.78, 5) is 25.1. The molecule has 96 valence electrons. The van der Waals surface area contributed by atoms with Gasteiger partial charge in [0.2, 0.25) is 0 Å². The molecule has 1 heterocycles. The molecular formula is C13H14ClNO3. The van der Waals surface area contributed by atoms with Crippen molar-refractivity contribution in [3.05, 3.63) is 23.8 Å². The average molecular weight is 268 g/mol. The van der Waals surface area contributed by atoms with Crippen LogP contribution in [0.25, 0.3) is 0 Å². The summed E-state index contributed by atoms with van der Waals surface area (Å²) in [7, 11) is 1.67. The molecule has 0 spiro atoms. The Morgan fingerprint density at radius 2 is 2.17 bits per heavy atom. The van der Waals surface area contributed by atoms with Gasteiger partial charge in [-0.1, -0.05) is 0 Å². The van der Waals surface area contributed by atoms with Gasteiger partial charge in [-0.25, -0.2) is 0 Å². The molecule has 0 saturated heterocycles. The van der Waals surface area contributed by atoms with Crippen LogP contribution in [0.15, 0.2) is 18.2 Å². The lowest BCUT2D eigenvalue weighted by Gasteiger charge is -2.30. The van der Waals surface area contributed by atoms with Gasteiger partial charge in [-0.2, -0.15) is 0 Å². The molecule has 5 heteroatoms. The first-order chi connectivity index (χ1) is 8.41. The molecule has 1 aromatic rings. The summed E-state index contributed by atoms with van der Waals surface area (Å²) in [6, 6.07) is 5.00. The Balaban J connectivity index is 2.44. The molecule has 0 unspecified atom stereocenters. The third-order valence-corrected chi connectivity index (χ3v) is 3.15. The van der Waals surface area contributed by atoms with Crippen molar-refractivity contribution in [2.45, 2.75) is 25.3 Å². The quantitative estimate of drug-likeness (QED) is 0.610. The number of nitrogens with zero attached hydrogens (tertiary/aromatic N) is 1. The molecule has 1 aromatic carbocycles. The standard InChI is InChI=1S/C13H14ClNO3/c1-7(14)12(16)9-4-5-11-10(6-9)15(3)13(17)8(2)18-11/h4-8H,1-3H3/t7-,8-/m1/s1. The molecule has 1 aliphatic rings. The number of Topliss-reactive ketones (excluding diaryl/α,β-unsaturated/α-hetero) is 1. The van der Waals surface area contributed by atoms with Gasteiger partial charge < -0.3 is 9.64 Å². The van der Waals surface area contributed by atoms with Crippen LogP contribution in [0.3, 0.4) is 0 Å². The number of carbonyl (C=O) groups is 2. The van der Waals surface area contributed by atoms with Crippen LogP contribution in [0.1, 0.15) is 24.2 Å². The van der Waals surface area contributed by atoms with E-state index in [-0.39, 0.29) is 11.7 Å². The minimum Gasteiger partial charge on any atom is -0.479 e. The van der Waals surface area contributed by atoms with Gasteiger partial charge in [-0.05, 0) is 32.0 Å². The molecule has 0 aliphatic carbocycles. The third kappa shape index (κ3) is 2.08. The van der Waals surface area contributed by atoms with E-state index in [1.165, 1.54) is 4.90 Å². The molecule has 0 bridgehead atoms. The maximum Gasteiger partial charge on any atom is 0.267 e. The Kier molecular flexibility index (Phi) is 3.30. The molecule has 4 nitrogen and oxygen atoms in total. The van der Waals surface area contributed by atoms with Gasteiger partial charge in [-0.3, -0.25) is 9.59 Å². The molecular weight excluding hydrogens is 254 g/mol. The first-order valence-electron chi connectivity index (χ1n) is 5.68. The number of rotatable bonds is 2. The third-order valence-electron chi connectivity index (χ3n) is 2.95. The van der Waals surface area contributed by atoms with Crippen LogP contribution < -0.4 is 9.64 Å².